The van der Waals surface area contributed by atoms with Gasteiger partial charge in [0, 0.05) is 19.4 Å². The molecule has 0 aromatic carbocycles. The van der Waals surface area contributed by atoms with E-state index in [-0.39, 0.29) is 11.8 Å². The minimum atomic E-state index is -1.17. The molecule has 1 heterocycles. The van der Waals surface area contributed by atoms with Gasteiger partial charge in [0.05, 0.1) is 0 Å². The van der Waals surface area contributed by atoms with Gasteiger partial charge in [0.15, 0.2) is 0 Å². The molecule has 24 heavy (non-hydrogen) atoms. The number of alkyl halides is 3. The lowest BCUT2D eigenvalue weighted by molar-refractivity contribution is -0.138. The summed E-state index contributed by atoms with van der Waals surface area (Å²) in [5, 5.41) is 0. The van der Waals surface area contributed by atoms with Crippen LogP contribution in [0.1, 0.15) is 77.0 Å². The van der Waals surface area contributed by atoms with Crippen LogP contribution in [-0.2, 0) is 9.59 Å². The molecular weight excluding hydrogens is 389 g/mol. The standard InChI is InChI=1S/C17H28Cl3NO2S/c18-17(19,20)24-14-10-8-6-4-2-1-3-5-7-9-13-21-15(22)11-12-16(21)23/h1-14H2. The lowest BCUT2D eigenvalue weighted by Crippen LogP contribution is -2.29. The van der Waals surface area contributed by atoms with Gasteiger partial charge >= 0.3 is 0 Å². The van der Waals surface area contributed by atoms with Gasteiger partial charge in [-0.1, -0.05) is 86.2 Å². The first kappa shape index (κ1) is 22.4. The summed E-state index contributed by atoms with van der Waals surface area (Å²) in [6.45, 7) is 0.615. The zero-order chi connectivity index (χ0) is 17.8. The van der Waals surface area contributed by atoms with Crippen LogP contribution in [0.15, 0.2) is 0 Å². The van der Waals surface area contributed by atoms with Crippen LogP contribution in [0.5, 0.6) is 0 Å². The first-order valence-electron chi connectivity index (χ1n) is 8.94. The van der Waals surface area contributed by atoms with Crippen molar-refractivity contribution >= 4 is 58.4 Å². The fourth-order valence-electron chi connectivity index (χ4n) is 2.85. The molecular formula is C17H28Cl3NO2S. The molecule has 0 saturated carbocycles. The van der Waals surface area contributed by atoms with Crippen LogP contribution in [0, 0.1) is 0 Å². The van der Waals surface area contributed by atoms with Crippen molar-refractivity contribution in [2.45, 2.75) is 80.2 Å². The second-order valence-electron chi connectivity index (χ2n) is 6.27. The summed E-state index contributed by atoms with van der Waals surface area (Å²) < 4.78 is -1.17. The van der Waals surface area contributed by atoms with Crippen molar-refractivity contribution < 1.29 is 9.59 Å². The van der Waals surface area contributed by atoms with Crippen LogP contribution in [0.3, 0.4) is 0 Å². The summed E-state index contributed by atoms with van der Waals surface area (Å²) >= 11 is 18.4. The molecule has 140 valence electrons. The van der Waals surface area contributed by atoms with E-state index in [1.54, 1.807) is 0 Å². The average Bonchev–Trinajstić information content (AvgIpc) is 2.82. The van der Waals surface area contributed by atoms with Crippen molar-refractivity contribution in [2.24, 2.45) is 0 Å². The quantitative estimate of drug-likeness (QED) is 0.207. The van der Waals surface area contributed by atoms with Gasteiger partial charge in [-0.05, 0) is 18.6 Å². The molecule has 1 saturated heterocycles. The Hall–Kier alpha value is 0.360. The normalized spacial score (nSPS) is 15.5. The molecule has 0 unspecified atom stereocenters. The predicted molar refractivity (Wildman–Crippen MR) is 105 cm³/mol. The van der Waals surface area contributed by atoms with Gasteiger partial charge < -0.3 is 0 Å². The highest BCUT2D eigenvalue weighted by Gasteiger charge is 2.27. The van der Waals surface area contributed by atoms with Gasteiger partial charge in [-0.25, -0.2) is 0 Å². The number of carbonyl (C=O) groups excluding carboxylic acids is 2. The predicted octanol–water partition coefficient (Wildman–Crippen LogP) is 6.10. The van der Waals surface area contributed by atoms with Gasteiger partial charge in [0.25, 0.3) is 0 Å². The second-order valence-corrected chi connectivity index (χ2v) is 10.5. The van der Waals surface area contributed by atoms with E-state index in [2.05, 4.69) is 0 Å². The average molecular weight is 417 g/mol. The van der Waals surface area contributed by atoms with Crippen molar-refractivity contribution in [1.82, 2.24) is 4.90 Å². The molecule has 0 atom stereocenters. The van der Waals surface area contributed by atoms with Crippen molar-refractivity contribution in [2.75, 3.05) is 12.3 Å². The zero-order valence-corrected chi connectivity index (χ0v) is 17.3. The monoisotopic (exact) mass is 415 g/mol. The Bertz CT molecular complexity index is 373. The number of unbranched alkanes of at least 4 members (excludes halogenated alkanes) is 9. The Morgan fingerprint density at radius 1 is 0.750 bits per heavy atom. The first-order valence-corrected chi connectivity index (χ1v) is 11.1. The number of nitrogens with zero attached hydrogens (tertiary/aromatic N) is 1. The van der Waals surface area contributed by atoms with Gasteiger partial charge in [-0.3, -0.25) is 14.5 Å². The summed E-state index contributed by atoms with van der Waals surface area (Å²) in [6.07, 6.45) is 12.7. The highest BCUT2D eigenvalue weighted by atomic mass is 35.6. The van der Waals surface area contributed by atoms with Crippen molar-refractivity contribution in [3.63, 3.8) is 0 Å². The summed E-state index contributed by atoms with van der Waals surface area (Å²) in [7, 11) is 0. The molecule has 1 fully saturated rings. The van der Waals surface area contributed by atoms with E-state index in [4.69, 9.17) is 34.8 Å². The number of thioether (sulfide) groups is 1. The van der Waals surface area contributed by atoms with E-state index in [1.165, 1.54) is 61.6 Å². The van der Waals surface area contributed by atoms with Crippen LogP contribution >= 0.6 is 46.6 Å². The summed E-state index contributed by atoms with van der Waals surface area (Å²) in [5.74, 6) is 0.915. The van der Waals surface area contributed by atoms with Crippen LogP contribution < -0.4 is 0 Å². The summed E-state index contributed by atoms with van der Waals surface area (Å²) in [6, 6.07) is 0. The van der Waals surface area contributed by atoms with E-state index in [0.717, 1.165) is 25.0 Å². The number of imide groups is 1. The third kappa shape index (κ3) is 11.1. The second kappa shape index (κ2) is 12.7. The lowest BCUT2D eigenvalue weighted by Gasteiger charge is -2.13. The third-order valence-electron chi connectivity index (χ3n) is 4.20. The van der Waals surface area contributed by atoms with Gasteiger partial charge in [-0.2, -0.15) is 0 Å². The smallest absolute Gasteiger partial charge is 0.237 e. The van der Waals surface area contributed by atoms with E-state index < -0.39 is 3.12 Å². The Kier molecular flexibility index (Phi) is 11.8. The molecule has 0 radical (unpaired) electrons. The number of carbonyl (C=O) groups is 2. The zero-order valence-electron chi connectivity index (χ0n) is 14.2. The minimum Gasteiger partial charge on any atom is -0.283 e. The van der Waals surface area contributed by atoms with Crippen LogP contribution in [-0.4, -0.2) is 32.1 Å². The molecule has 1 aliphatic rings. The molecule has 1 rings (SSSR count). The SMILES string of the molecule is O=C1CCC(=O)N1CCCCCCCCCCCCSC(Cl)(Cl)Cl. The van der Waals surface area contributed by atoms with Crippen LogP contribution in [0.25, 0.3) is 0 Å². The molecule has 2 amide bonds. The van der Waals surface area contributed by atoms with Gasteiger partial charge in [0.2, 0.25) is 14.9 Å². The maximum absolute atomic E-state index is 11.5. The van der Waals surface area contributed by atoms with Crippen molar-refractivity contribution in [3.05, 3.63) is 0 Å². The molecule has 0 aromatic rings. The maximum atomic E-state index is 11.5. The van der Waals surface area contributed by atoms with E-state index in [0.29, 0.717) is 19.4 Å². The van der Waals surface area contributed by atoms with Crippen molar-refractivity contribution in [3.8, 4) is 0 Å². The van der Waals surface area contributed by atoms with Crippen molar-refractivity contribution in [1.29, 1.82) is 0 Å². The maximum Gasteiger partial charge on any atom is 0.237 e. The highest BCUT2D eigenvalue weighted by molar-refractivity contribution is 8.04. The Balaban J connectivity index is 1.79. The van der Waals surface area contributed by atoms with E-state index >= 15 is 0 Å². The lowest BCUT2D eigenvalue weighted by atomic mass is 10.1. The highest BCUT2D eigenvalue weighted by Crippen LogP contribution is 2.39. The van der Waals surface area contributed by atoms with Crippen LogP contribution in [0.4, 0.5) is 0 Å². The Labute approximate surface area is 165 Å². The largest absolute Gasteiger partial charge is 0.283 e. The van der Waals surface area contributed by atoms with E-state index in [9.17, 15) is 9.59 Å². The molecule has 0 N–H and O–H groups in total. The molecule has 0 bridgehead atoms. The molecule has 3 nitrogen and oxygen atoms in total. The molecule has 1 aliphatic heterocycles. The number of amides is 2. The number of likely N-dealkylation sites (tertiary alicyclic amines) is 1. The number of halogens is 3. The Morgan fingerprint density at radius 2 is 1.17 bits per heavy atom. The fourth-order valence-corrected chi connectivity index (χ4v) is 4.12. The molecule has 7 heteroatoms. The minimum absolute atomic E-state index is 0.00670. The third-order valence-corrected chi connectivity index (χ3v) is 6.00. The van der Waals surface area contributed by atoms with E-state index in [1.807, 2.05) is 0 Å². The molecule has 0 aromatic heterocycles. The topological polar surface area (TPSA) is 37.4 Å². The number of hydrogen-bond donors (Lipinski definition) is 0. The number of rotatable bonds is 13. The first-order chi connectivity index (χ1) is 11.4. The molecule has 0 spiro atoms. The van der Waals surface area contributed by atoms with Gasteiger partial charge in [0.1, 0.15) is 0 Å². The Morgan fingerprint density at radius 3 is 1.62 bits per heavy atom. The molecule has 0 aliphatic carbocycles. The van der Waals surface area contributed by atoms with Gasteiger partial charge in [-0.15, -0.1) is 11.8 Å². The van der Waals surface area contributed by atoms with Crippen LogP contribution in [0.2, 0.25) is 0 Å². The fraction of sp³-hybridized carbons (Fsp3) is 0.882. The summed E-state index contributed by atoms with van der Waals surface area (Å²) in [5.41, 5.74) is 0. The number of hydrogen-bond acceptors (Lipinski definition) is 3. The summed E-state index contributed by atoms with van der Waals surface area (Å²) in [4.78, 5) is 24.3.